The van der Waals surface area contributed by atoms with E-state index in [4.69, 9.17) is 5.73 Å². The smallest absolute Gasteiger partial charge is 0.225 e. The Hall–Kier alpha value is -2.44. The Morgan fingerprint density at radius 3 is 2.48 bits per heavy atom. The zero-order chi connectivity index (χ0) is 14.7. The molecule has 0 radical (unpaired) electrons. The highest BCUT2D eigenvalue weighted by atomic mass is 15.3. The van der Waals surface area contributed by atoms with Crippen molar-refractivity contribution in [3.63, 3.8) is 0 Å². The molecule has 0 spiro atoms. The molecule has 3 heterocycles. The first-order chi connectivity index (χ1) is 10.2. The van der Waals surface area contributed by atoms with Crippen LogP contribution in [-0.2, 0) is 0 Å². The first kappa shape index (κ1) is 13.5. The van der Waals surface area contributed by atoms with Crippen LogP contribution in [0.25, 0.3) is 0 Å². The number of aryl methyl sites for hydroxylation is 1. The van der Waals surface area contributed by atoms with E-state index in [-0.39, 0.29) is 0 Å². The predicted molar refractivity (Wildman–Crippen MR) is 82.3 cm³/mol. The predicted octanol–water partition coefficient (Wildman–Crippen LogP) is 0.874. The minimum Gasteiger partial charge on any atom is -0.368 e. The Bertz CT molecular complexity index is 581. The molecule has 0 aromatic carbocycles. The highest BCUT2D eigenvalue weighted by Gasteiger charge is 2.18. The Kier molecular flexibility index (Phi) is 3.81. The number of rotatable bonds is 2. The van der Waals surface area contributed by atoms with Crippen LogP contribution in [0.3, 0.4) is 0 Å². The molecule has 1 fully saturated rings. The van der Waals surface area contributed by atoms with Crippen LogP contribution in [0.2, 0.25) is 0 Å². The lowest BCUT2D eigenvalue weighted by atomic mass is 10.3. The maximum absolute atomic E-state index is 5.74. The third-order valence-corrected chi connectivity index (χ3v) is 3.51. The van der Waals surface area contributed by atoms with Crippen LogP contribution >= 0.6 is 0 Å². The fourth-order valence-electron chi connectivity index (χ4n) is 2.54. The molecule has 1 saturated heterocycles. The van der Waals surface area contributed by atoms with E-state index < -0.39 is 0 Å². The minimum atomic E-state index is 0.331. The molecular weight excluding hydrogens is 266 g/mol. The van der Waals surface area contributed by atoms with Crippen molar-refractivity contribution >= 4 is 17.7 Å². The van der Waals surface area contributed by atoms with Crippen molar-refractivity contribution in [3.8, 4) is 0 Å². The molecule has 7 heteroatoms. The number of aromatic nitrogens is 4. The highest BCUT2D eigenvalue weighted by molar-refractivity contribution is 5.44. The van der Waals surface area contributed by atoms with E-state index in [1.165, 1.54) is 0 Å². The van der Waals surface area contributed by atoms with Gasteiger partial charge in [-0.25, -0.2) is 15.0 Å². The molecule has 2 aromatic rings. The SMILES string of the molecule is Cc1cc(N2CCCN(c3ncccn3)CC2)nc(N)n1. The van der Waals surface area contributed by atoms with Crippen LogP contribution in [-0.4, -0.2) is 46.1 Å². The summed E-state index contributed by atoms with van der Waals surface area (Å²) >= 11 is 0. The molecule has 21 heavy (non-hydrogen) atoms. The quantitative estimate of drug-likeness (QED) is 0.876. The van der Waals surface area contributed by atoms with Crippen molar-refractivity contribution in [1.82, 2.24) is 19.9 Å². The van der Waals surface area contributed by atoms with Gasteiger partial charge in [-0.2, -0.15) is 4.98 Å². The molecule has 0 amide bonds. The average molecular weight is 285 g/mol. The number of hydrogen-bond donors (Lipinski definition) is 1. The lowest BCUT2D eigenvalue weighted by Gasteiger charge is -2.23. The molecule has 0 aliphatic carbocycles. The second-order valence-electron chi connectivity index (χ2n) is 5.10. The standard InChI is InChI=1S/C14H19N7/c1-11-10-12(19-13(15)18-11)20-6-3-7-21(9-8-20)14-16-4-2-5-17-14/h2,4-5,10H,3,6-9H2,1H3,(H2,15,18,19). The first-order valence-corrected chi connectivity index (χ1v) is 7.10. The van der Waals surface area contributed by atoms with Gasteiger partial charge in [-0.15, -0.1) is 0 Å². The maximum atomic E-state index is 5.74. The van der Waals surface area contributed by atoms with Crippen molar-refractivity contribution in [1.29, 1.82) is 0 Å². The third-order valence-electron chi connectivity index (χ3n) is 3.51. The Morgan fingerprint density at radius 2 is 1.71 bits per heavy atom. The van der Waals surface area contributed by atoms with Gasteiger partial charge < -0.3 is 15.5 Å². The van der Waals surface area contributed by atoms with E-state index in [1.807, 2.05) is 19.1 Å². The van der Waals surface area contributed by atoms with Crippen molar-refractivity contribution < 1.29 is 0 Å². The van der Waals surface area contributed by atoms with Gasteiger partial charge in [-0.05, 0) is 19.4 Å². The van der Waals surface area contributed by atoms with Crippen molar-refractivity contribution in [2.24, 2.45) is 0 Å². The van der Waals surface area contributed by atoms with Gasteiger partial charge in [-0.3, -0.25) is 0 Å². The summed E-state index contributed by atoms with van der Waals surface area (Å²) in [5.41, 5.74) is 6.64. The summed E-state index contributed by atoms with van der Waals surface area (Å²) in [6.07, 6.45) is 4.58. The Labute approximate surface area is 123 Å². The normalized spacial score (nSPS) is 15.9. The van der Waals surface area contributed by atoms with Gasteiger partial charge in [-0.1, -0.05) is 0 Å². The minimum absolute atomic E-state index is 0.331. The number of hydrogen-bond acceptors (Lipinski definition) is 7. The van der Waals surface area contributed by atoms with E-state index in [2.05, 4.69) is 29.7 Å². The summed E-state index contributed by atoms with van der Waals surface area (Å²) in [6, 6.07) is 3.81. The van der Waals surface area contributed by atoms with Crippen LogP contribution in [0.4, 0.5) is 17.7 Å². The molecule has 0 saturated carbocycles. The second kappa shape index (κ2) is 5.90. The lowest BCUT2D eigenvalue weighted by Crippen LogP contribution is -2.32. The number of nitrogens with zero attached hydrogens (tertiary/aromatic N) is 6. The summed E-state index contributed by atoms with van der Waals surface area (Å²) in [4.78, 5) is 21.6. The molecule has 7 nitrogen and oxygen atoms in total. The summed E-state index contributed by atoms with van der Waals surface area (Å²) in [5.74, 6) is 2.02. The van der Waals surface area contributed by atoms with E-state index >= 15 is 0 Å². The fraction of sp³-hybridized carbons (Fsp3) is 0.429. The summed E-state index contributed by atoms with van der Waals surface area (Å²) in [7, 11) is 0. The zero-order valence-corrected chi connectivity index (χ0v) is 12.1. The van der Waals surface area contributed by atoms with Gasteiger partial charge >= 0.3 is 0 Å². The molecule has 1 aliphatic heterocycles. The molecule has 110 valence electrons. The summed E-state index contributed by atoms with van der Waals surface area (Å²) in [6.45, 7) is 5.56. The lowest BCUT2D eigenvalue weighted by molar-refractivity contribution is 0.781. The first-order valence-electron chi connectivity index (χ1n) is 7.10. The van der Waals surface area contributed by atoms with Gasteiger partial charge in [0, 0.05) is 50.3 Å². The van der Waals surface area contributed by atoms with E-state index in [0.29, 0.717) is 5.95 Å². The van der Waals surface area contributed by atoms with Crippen LogP contribution < -0.4 is 15.5 Å². The van der Waals surface area contributed by atoms with E-state index in [0.717, 1.165) is 50.1 Å². The topological polar surface area (TPSA) is 84.1 Å². The van der Waals surface area contributed by atoms with Crippen LogP contribution in [0.1, 0.15) is 12.1 Å². The van der Waals surface area contributed by atoms with Crippen molar-refractivity contribution in [2.75, 3.05) is 41.7 Å². The van der Waals surface area contributed by atoms with Crippen molar-refractivity contribution in [2.45, 2.75) is 13.3 Å². The summed E-state index contributed by atoms with van der Waals surface area (Å²) < 4.78 is 0. The maximum Gasteiger partial charge on any atom is 0.225 e. The number of anilines is 3. The molecule has 1 aliphatic rings. The van der Waals surface area contributed by atoms with Gasteiger partial charge in [0.1, 0.15) is 5.82 Å². The monoisotopic (exact) mass is 285 g/mol. The van der Waals surface area contributed by atoms with E-state index in [9.17, 15) is 0 Å². The number of nitrogen functional groups attached to an aromatic ring is 1. The molecule has 0 bridgehead atoms. The molecule has 3 rings (SSSR count). The Balaban J connectivity index is 1.73. The highest BCUT2D eigenvalue weighted by Crippen LogP contribution is 2.17. The number of nitrogens with two attached hydrogens (primary N) is 1. The van der Waals surface area contributed by atoms with Crippen LogP contribution in [0.5, 0.6) is 0 Å². The molecule has 2 aromatic heterocycles. The van der Waals surface area contributed by atoms with Gasteiger partial charge in [0.25, 0.3) is 0 Å². The van der Waals surface area contributed by atoms with Gasteiger partial charge in [0.15, 0.2) is 0 Å². The second-order valence-corrected chi connectivity index (χ2v) is 5.10. The molecular formula is C14H19N7. The summed E-state index contributed by atoms with van der Waals surface area (Å²) in [5, 5.41) is 0. The average Bonchev–Trinajstić information content (AvgIpc) is 2.73. The van der Waals surface area contributed by atoms with Crippen molar-refractivity contribution in [3.05, 3.63) is 30.2 Å². The fourth-order valence-corrected chi connectivity index (χ4v) is 2.54. The van der Waals surface area contributed by atoms with E-state index in [1.54, 1.807) is 12.4 Å². The molecule has 0 atom stereocenters. The van der Waals surface area contributed by atoms with Gasteiger partial charge in [0.2, 0.25) is 11.9 Å². The Morgan fingerprint density at radius 1 is 1.00 bits per heavy atom. The van der Waals surface area contributed by atoms with Gasteiger partial charge in [0.05, 0.1) is 0 Å². The van der Waals surface area contributed by atoms with Crippen LogP contribution in [0, 0.1) is 6.92 Å². The third kappa shape index (κ3) is 3.18. The molecule has 0 unspecified atom stereocenters. The largest absolute Gasteiger partial charge is 0.368 e. The molecule has 2 N–H and O–H groups in total. The van der Waals surface area contributed by atoms with Crippen LogP contribution in [0.15, 0.2) is 24.5 Å². The zero-order valence-electron chi connectivity index (χ0n) is 12.1.